The molecule has 0 saturated heterocycles. The fourth-order valence-corrected chi connectivity index (χ4v) is 4.76. The Morgan fingerprint density at radius 1 is 1.14 bits per heavy atom. The van der Waals surface area contributed by atoms with Gasteiger partial charge in [-0.05, 0) is 62.7 Å². The Bertz CT molecular complexity index is 382. The topological polar surface area (TPSA) is 40.5 Å². The summed E-state index contributed by atoms with van der Waals surface area (Å²) >= 11 is 0. The second-order valence-electron chi connectivity index (χ2n) is 8.44. The number of aliphatic hydroxyl groups is 2. The molecule has 122 valence electrons. The zero-order valence-corrected chi connectivity index (χ0v) is 14.5. The maximum Gasteiger partial charge on any atom is 0.0651 e. The van der Waals surface area contributed by atoms with Gasteiger partial charge in [0.15, 0.2) is 0 Å². The summed E-state index contributed by atoms with van der Waals surface area (Å²) in [4.78, 5) is 0. The van der Waals surface area contributed by atoms with Gasteiger partial charge in [-0.3, -0.25) is 0 Å². The first-order valence-corrected chi connectivity index (χ1v) is 8.75. The number of fused-ring (bicyclic) bond motifs is 1. The van der Waals surface area contributed by atoms with Gasteiger partial charge in [0.05, 0.1) is 11.7 Å². The summed E-state index contributed by atoms with van der Waals surface area (Å²) in [5.74, 6) is 1.86. The molecule has 5 unspecified atom stereocenters. The zero-order valence-electron chi connectivity index (χ0n) is 14.5. The maximum atomic E-state index is 10.3. The van der Waals surface area contributed by atoms with Crippen LogP contribution in [0.3, 0.4) is 0 Å². The average molecular weight is 294 g/mol. The van der Waals surface area contributed by atoms with Gasteiger partial charge in [-0.2, -0.15) is 0 Å². The van der Waals surface area contributed by atoms with E-state index >= 15 is 0 Å². The minimum atomic E-state index is -0.653. The molecule has 2 N–H and O–H groups in total. The highest BCUT2D eigenvalue weighted by Gasteiger charge is 2.51. The zero-order chi connectivity index (χ0) is 15.8. The molecule has 2 fully saturated rings. The van der Waals surface area contributed by atoms with E-state index in [0.717, 1.165) is 6.42 Å². The van der Waals surface area contributed by atoms with Gasteiger partial charge in [-0.25, -0.2) is 0 Å². The summed E-state index contributed by atoms with van der Waals surface area (Å²) in [6.07, 6.45) is 10.2. The number of aliphatic hydroxyl groups excluding tert-OH is 1. The number of hydrogen-bond acceptors (Lipinski definition) is 2. The minimum absolute atomic E-state index is 0.0831. The third-order valence-corrected chi connectivity index (χ3v) is 6.61. The van der Waals surface area contributed by atoms with Crippen LogP contribution in [0.5, 0.6) is 0 Å². The molecule has 6 atom stereocenters. The summed E-state index contributed by atoms with van der Waals surface area (Å²) in [5.41, 5.74) is -0.348. The van der Waals surface area contributed by atoms with Crippen LogP contribution in [0.1, 0.15) is 66.7 Å². The molecule has 0 aromatic heterocycles. The third-order valence-electron chi connectivity index (χ3n) is 6.61. The summed E-state index contributed by atoms with van der Waals surface area (Å²) in [6.45, 7) is 10.5. The Hall–Kier alpha value is -0.340. The van der Waals surface area contributed by atoms with E-state index in [4.69, 9.17) is 0 Å². The van der Waals surface area contributed by atoms with Crippen LogP contribution >= 0.6 is 0 Å². The highest BCUT2D eigenvalue weighted by atomic mass is 16.3. The first kappa shape index (κ1) is 17.0. The molecule has 0 spiro atoms. The van der Waals surface area contributed by atoms with Crippen LogP contribution in [0.2, 0.25) is 0 Å². The molecule has 0 aliphatic heterocycles. The van der Waals surface area contributed by atoms with Crippen LogP contribution in [-0.4, -0.2) is 21.9 Å². The van der Waals surface area contributed by atoms with Crippen LogP contribution < -0.4 is 0 Å². The van der Waals surface area contributed by atoms with Gasteiger partial charge in [-0.15, -0.1) is 0 Å². The standard InChI is InChI=1S/C19H34O2/c1-13(8-9-14(2)18(3,4)21)15-10-11-16-17(20)7-6-12-19(15,16)5/h8-9,13-17,20-21H,6-7,10-12H2,1-5H3/t13?,14?,15?,16?,17?,19-/m1/s1. The van der Waals surface area contributed by atoms with E-state index in [1.165, 1.54) is 25.7 Å². The van der Waals surface area contributed by atoms with E-state index in [2.05, 4.69) is 32.9 Å². The lowest BCUT2D eigenvalue weighted by Gasteiger charge is -2.44. The highest BCUT2D eigenvalue weighted by molar-refractivity contribution is 5.06. The molecule has 0 radical (unpaired) electrons. The third kappa shape index (κ3) is 3.37. The van der Waals surface area contributed by atoms with Gasteiger partial charge in [0.1, 0.15) is 0 Å². The van der Waals surface area contributed by atoms with E-state index in [1.54, 1.807) is 0 Å². The smallest absolute Gasteiger partial charge is 0.0651 e. The number of rotatable bonds is 4. The van der Waals surface area contributed by atoms with E-state index in [1.807, 2.05) is 13.8 Å². The lowest BCUT2D eigenvalue weighted by atomic mass is 9.62. The van der Waals surface area contributed by atoms with E-state index < -0.39 is 5.60 Å². The molecule has 0 amide bonds. The molecule has 0 heterocycles. The van der Waals surface area contributed by atoms with Crippen LogP contribution in [0.25, 0.3) is 0 Å². The van der Waals surface area contributed by atoms with Gasteiger partial charge < -0.3 is 10.2 Å². The van der Waals surface area contributed by atoms with Crippen molar-refractivity contribution in [2.75, 3.05) is 0 Å². The lowest BCUT2D eigenvalue weighted by molar-refractivity contribution is -0.0232. The first-order chi connectivity index (χ1) is 9.66. The molecule has 0 bridgehead atoms. The summed E-state index contributed by atoms with van der Waals surface area (Å²) in [6, 6.07) is 0. The van der Waals surface area contributed by atoms with E-state index in [0.29, 0.717) is 23.2 Å². The van der Waals surface area contributed by atoms with Crippen LogP contribution in [0.15, 0.2) is 12.2 Å². The fraction of sp³-hybridized carbons (Fsp3) is 0.895. The normalized spacial score (nSPS) is 40.2. The van der Waals surface area contributed by atoms with Crippen LogP contribution in [0, 0.1) is 29.1 Å². The van der Waals surface area contributed by atoms with Crippen molar-refractivity contribution in [3.05, 3.63) is 12.2 Å². The quantitative estimate of drug-likeness (QED) is 0.764. The van der Waals surface area contributed by atoms with Crippen LogP contribution in [-0.2, 0) is 0 Å². The van der Waals surface area contributed by atoms with Crippen molar-refractivity contribution in [2.45, 2.75) is 78.4 Å². The largest absolute Gasteiger partial charge is 0.393 e. The van der Waals surface area contributed by atoms with Gasteiger partial charge >= 0.3 is 0 Å². The summed E-state index contributed by atoms with van der Waals surface area (Å²) in [5, 5.41) is 20.4. The lowest BCUT2D eigenvalue weighted by Crippen LogP contribution is -2.41. The molecule has 2 heteroatoms. The molecule has 2 saturated carbocycles. The van der Waals surface area contributed by atoms with Gasteiger partial charge in [0.25, 0.3) is 0 Å². The second-order valence-corrected chi connectivity index (χ2v) is 8.44. The Morgan fingerprint density at radius 3 is 2.43 bits per heavy atom. The average Bonchev–Trinajstić information content (AvgIpc) is 2.73. The maximum absolute atomic E-state index is 10.3. The number of allylic oxidation sites excluding steroid dienone is 1. The molecule has 0 aromatic carbocycles. The van der Waals surface area contributed by atoms with Crippen molar-refractivity contribution in [3.63, 3.8) is 0 Å². The summed E-state index contributed by atoms with van der Waals surface area (Å²) < 4.78 is 0. The van der Waals surface area contributed by atoms with Gasteiger partial charge in [0, 0.05) is 5.92 Å². The van der Waals surface area contributed by atoms with Crippen molar-refractivity contribution >= 4 is 0 Å². The highest BCUT2D eigenvalue weighted by Crippen LogP contribution is 2.57. The van der Waals surface area contributed by atoms with Gasteiger partial charge in [0.2, 0.25) is 0 Å². The van der Waals surface area contributed by atoms with Crippen molar-refractivity contribution in [3.8, 4) is 0 Å². The molecular formula is C19H34O2. The number of hydrogen-bond donors (Lipinski definition) is 2. The monoisotopic (exact) mass is 294 g/mol. The summed E-state index contributed by atoms with van der Waals surface area (Å²) in [7, 11) is 0. The van der Waals surface area contributed by atoms with E-state index in [-0.39, 0.29) is 12.0 Å². The Balaban J connectivity index is 2.06. The molecule has 2 aliphatic carbocycles. The Kier molecular flexibility index (Phi) is 4.90. The van der Waals surface area contributed by atoms with Crippen molar-refractivity contribution in [2.24, 2.45) is 29.1 Å². The molecule has 2 nitrogen and oxygen atoms in total. The molecule has 0 aromatic rings. The van der Waals surface area contributed by atoms with Crippen molar-refractivity contribution < 1.29 is 10.2 Å². The van der Waals surface area contributed by atoms with Gasteiger partial charge in [-0.1, -0.05) is 39.3 Å². The predicted molar refractivity (Wildman–Crippen MR) is 87.9 cm³/mol. The van der Waals surface area contributed by atoms with E-state index in [9.17, 15) is 10.2 Å². The molecule has 2 aliphatic rings. The van der Waals surface area contributed by atoms with Crippen LogP contribution in [0.4, 0.5) is 0 Å². The van der Waals surface area contributed by atoms with Crippen molar-refractivity contribution in [1.29, 1.82) is 0 Å². The molecular weight excluding hydrogens is 260 g/mol. The molecule has 2 rings (SSSR count). The van der Waals surface area contributed by atoms with Crippen molar-refractivity contribution in [1.82, 2.24) is 0 Å². The first-order valence-electron chi connectivity index (χ1n) is 8.75. The Morgan fingerprint density at radius 2 is 1.81 bits per heavy atom. The predicted octanol–water partition coefficient (Wildman–Crippen LogP) is 4.16. The fourth-order valence-electron chi connectivity index (χ4n) is 4.76. The molecule has 21 heavy (non-hydrogen) atoms. The minimum Gasteiger partial charge on any atom is -0.393 e. The Labute approximate surface area is 130 Å². The SMILES string of the molecule is CC(C=CC(C)C(C)(C)O)C1CCC2C(O)CCC[C@]12C. The second kappa shape index (κ2) is 6.04.